The van der Waals surface area contributed by atoms with Gasteiger partial charge in [0.1, 0.15) is 17.5 Å². The lowest BCUT2D eigenvalue weighted by atomic mass is 9.95. The molecule has 2 aromatic heterocycles. The van der Waals surface area contributed by atoms with Gasteiger partial charge in [-0.1, -0.05) is 0 Å². The number of fused-ring (bicyclic) bond motifs is 1. The minimum atomic E-state index is -0.347. The average Bonchev–Trinajstić information content (AvgIpc) is 3.38. The highest BCUT2D eigenvalue weighted by atomic mass is 32.1. The van der Waals surface area contributed by atoms with Crippen molar-refractivity contribution in [3.05, 3.63) is 33.8 Å². The van der Waals surface area contributed by atoms with E-state index in [1.54, 1.807) is 23.2 Å². The molecule has 2 aliphatic rings. The predicted octanol–water partition coefficient (Wildman–Crippen LogP) is 3.63. The maximum Gasteiger partial charge on any atom is 0.410 e. The Balaban J connectivity index is 1.77. The second kappa shape index (κ2) is 7.78. The first-order valence-electron chi connectivity index (χ1n) is 9.47. The molecule has 8 heteroatoms. The van der Waals surface area contributed by atoms with Crippen LogP contribution in [-0.2, 0) is 22.4 Å². The normalized spacial score (nSPS) is 18.6. The summed E-state index contributed by atoms with van der Waals surface area (Å²) in [5, 5.41) is 9.74. The third-order valence-electron chi connectivity index (χ3n) is 5.14. The first kappa shape index (κ1) is 18.7. The quantitative estimate of drug-likeness (QED) is 0.847. The van der Waals surface area contributed by atoms with Gasteiger partial charge in [-0.3, -0.25) is 0 Å². The van der Waals surface area contributed by atoms with Crippen LogP contribution in [0.2, 0.25) is 0 Å². The van der Waals surface area contributed by atoms with Crippen LogP contribution in [0.5, 0.6) is 0 Å². The molecule has 1 saturated heterocycles. The van der Waals surface area contributed by atoms with Crippen LogP contribution in [0.1, 0.15) is 47.6 Å². The van der Waals surface area contributed by atoms with Gasteiger partial charge in [-0.15, -0.1) is 11.3 Å². The molecule has 0 bridgehead atoms. The van der Waals surface area contributed by atoms with E-state index in [1.165, 1.54) is 0 Å². The van der Waals surface area contributed by atoms with Gasteiger partial charge in [-0.2, -0.15) is 5.26 Å². The minimum Gasteiger partial charge on any atom is -0.450 e. The van der Waals surface area contributed by atoms with Gasteiger partial charge in [-0.25, -0.2) is 9.78 Å². The largest absolute Gasteiger partial charge is 0.450 e. The summed E-state index contributed by atoms with van der Waals surface area (Å²) in [5.41, 5.74) is 8.98. The summed E-state index contributed by atoms with van der Waals surface area (Å²) >= 11 is 1.62. The molecule has 0 saturated carbocycles. The van der Waals surface area contributed by atoms with Crippen molar-refractivity contribution in [3.8, 4) is 16.5 Å². The number of rotatable bonds is 3. The zero-order chi connectivity index (χ0) is 19.7. The molecule has 28 heavy (non-hydrogen) atoms. The first-order chi connectivity index (χ1) is 13.6. The van der Waals surface area contributed by atoms with Crippen LogP contribution in [0.4, 0.5) is 10.6 Å². The Morgan fingerprint density at radius 1 is 1.54 bits per heavy atom. The number of nitriles is 1. The highest BCUT2D eigenvalue weighted by Crippen LogP contribution is 2.42. The van der Waals surface area contributed by atoms with Crippen molar-refractivity contribution >= 4 is 23.2 Å². The van der Waals surface area contributed by atoms with E-state index in [1.807, 2.05) is 6.07 Å². The van der Waals surface area contributed by atoms with Gasteiger partial charge >= 0.3 is 6.09 Å². The summed E-state index contributed by atoms with van der Waals surface area (Å²) in [6.07, 6.45) is 2.43. The third-order valence-corrected chi connectivity index (χ3v) is 6.33. The molecule has 0 aromatic carbocycles. The zero-order valence-corrected chi connectivity index (χ0v) is 16.6. The molecule has 1 fully saturated rings. The van der Waals surface area contributed by atoms with Gasteiger partial charge in [0.05, 0.1) is 24.9 Å². The Labute approximate surface area is 167 Å². The SMILES string of the molecule is CCOC(=O)N1CCc2nc(N)c(C#N)c(-c3ccc(C4CCCO4)s3)c2C1. The lowest BCUT2D eigenvalue weighted by molar-refractivity contribution is 0.102. The zero-order valence-electron chi connectivity index (χ0n) is 15.7. The van der Waals surface area contributed by atoms with Crippen molar-refractivity contribution < 1.29 is 14.3 Å². The summed E-state index contributed by atoms with van der Waals surface area (Å²) in [6, 6.07) is 6.29. The summed E-state index contributed by atoms with van der Waals surface area (Å²) in [7, 11) is 0. The van der Waals surface area contributed by atoms with E-state index in [2.05, 4.69) is 17.1 Å². The van der Waals surface area contributed by atoms with Gasteiger partial charge in [0, 0.05) is 40.5 Å². The van der Waals surface area contributed by atoms with Crippen LogP contribution >= 0.6 is 11.3 Å². The Kier molecular flexibility index (Phi) is 5.20. The molecule has 0 radical (unpaired) electrons. The lowest BCUT2D eigenvalue weighted by Gasteiger charge is -2.29. The smallest absolute Gasteiger partial charge is 0.410 e. The first-order valence-corrected chi connectivity index (χ1v) is 10.3. The van der Waals surface area contributed by atoms with Crippen molar-refractivity contribution in [1.29, 1.82) is 5.26 Å². The summed E-state index contributed by atoms with van der Waals surface area (Å²) < 4.78 is 11.0. The Bertz CT molecular complexity index is 944. The van der Waals surface area contributed by atoms with E-state index in [0.717, 1.165) is 46.0 Å². The molecular formula is C20H22N4O3S. The van der Waals surface area contributed by atoms with Crippen molar-refractivity contribution in [3.63, 3.8) is 0 Å². The van der Waals surface area contributed by atoms with Gasteiger partial charge in [0.15, 0.2) is 0 Å². The number of hydrogen-bond acceptors (Lipinski definition) is 7. The van der Waals surface area contributed by atoms with E-state index in [0.29, 0.717) is 31.7 Å². The molecule has 0 aliphatic carbocycles. The van der Waals surface area contributed by atoms with Crippen LogP contribution in [0, 0.1) is 11.3 Å². The van der Waals surface area contributed by atoms with Crippen molar-refractivity contribution in [1.82, 2.24) is 9.88 Å². The number of aromatic nitrogens is 1. The fraction of sp³-hybridized carbons (Fsp3) is 0.450. The molecule has 1 amide bonds. The molecule has 1 atom stereocenters. The van der Waals surface area contributed by atoms with Crippen molar-refractivity contribution in [2.24, 2.45) is 0 Å². The van der Waals surface area contributed by atoms with Crippen molar-refractivity contribution in [2.45, 2.75) is 38.8 Å². The molecule has 4 rings (SSSR count). The average molecular weight is 398 g/mol. The predicted molar refractivity (Wildman–Crippen MR) is 106 cm³/mol. The van der Waals surface area contributed by atoms with Gasteiger partial charge in [0.2, 0.25) is 0 Å². The number of anilines is 1. The third kappa shape index (κ3) is 3.32. The number of carbonyl (C=O) groups is 1. The minimum absolute atomic E-state index is 0.121. The topological polar surface area (TPSA) is 101 Å². The van der Waals surface area contributed by atoms with Gasteiger partial charge in [0.25, 0.3) is 0 Å². The van der Waals surface area contributed by atoms with Crippen LogP contribution in [-0.4, -0.2) is 35.7 Å². The summed E-state index contributed by atoms with van der Waals surface area (Å²) in [5.74, 6) is 0.243. The fourth-order valence-electron chi connectivity index (χ4n) is 3.80. The molecule has 4 heterocycles. The molecule has 2 N–H and O–H groups in total. The number of nitrogen functional groups attached to an aromatic ring is 1. The van der Waals surface area contributed by atoms with E-state index < -0.39 is 0 Å². The Morgan fingerprint density at radius 3 is 3.11 bits per heavy atom. The van der Waals surface area contributed by atoms with E-state index in [-0.39, 0.29) is 18.0 Å². The lowest BCUT2D eigenvalue weighted by Crippen LogP contribution is -2.37. The van der Waals surface area contributed by atoms with E-state index >= 15 is 0 Å². The number of amides is 1. The van der Waals surface area contributed by atoms with Crippen LogP contribution in [0.3, 0.4) is 0 Å². The number of nitrogens with zero attached hydrogens (tertiary/aromatic N) is 3. The second-order valence-corrected chi connectivity index (χ2v) is 7.97. The molecule has 2 aromatic rings. The number of nitrogens with two attached hydrogens (primary N) is 1. The molecule has 7 nitrogen and oxygen atoms in total. The molecule has 0 spiro atoms. The van der Waals surface area contributed by atoms with E-state index in [4.69, 9.17) is 15.2 Å². The fourth-order valence-corrected chi connectivity index (χ4v) is 4.97. The number of thiophene rings is 1. The summed E-state index contributed by atoms with van der Waals surface area (Å²) in [4.78, 5) is 20.4. The molecule has 146 valence electrons. The van der Waals surface area contributed by atoms with Gasteiger partial charge in [-0.05, 0) is 31.9 Å². The van der Waals surface area contributed by atoms with Crippen LogP contribution < -0.4 is 5.73 Å². The monoisotopic (exact) mass is 398 g/mol. The maximum atomic E-state index is 12.2. The Hall–Kier alpha value is -2.63. The number of hydrogen-bond donors (Lipinski definition) is 1. The maximum absolute atomic E-state index is 12.2. The summed E-state index contributed by atoms with van der Waals surface area (Å²) in [6.45, 7) is 3.78. The number of pyridine rings is 1. The van der Waals surface area contributed by atoms with Crippen molar-refractivity contribution in [2.75, 3.05) is 25.5 Å². The van der Waals surface area contributed by atoms with E-state index in [9.17, 15) is 10.1 Å². The van der Waals surface area contributed by atoms with Crippen LogP contribution in [0.15, 0.2) is 12.1 Å². The Morgan fingerprint density at radius 2 is 2.39 bits per heavy atom. The molecule has 2 aliphatic heterocycles. The molecular weight excluding hydrogens is 376 g/mol. The standard InChI is InChI=1S/C20H22N4O3S/c1-2-26-20(25)24-8-7-14-13(11-24)18(12(10-21)19(22)23-14)17-6-5-16(28-17)15-4-3-9-27-15/h5-6,15H,2-4,7-9,11H2,1H3,(H2,22,23). The van der Waals surface area contributed by atoms with Crippen LogP contribution in [0.25, 0.3) is 10.4 Å². The highest BCUT2D eigenvalue weighted by molar-refractivity contribution is 7.15. The number of carbonyl (C=O) groups excluding carboxylic acids is 1. The molecule has 1 unspecified atom stereocenters. The highest BCUT2D eigenvalue weighted by Gasteiger charge is 2.29. The van der Waals surface area contributed by atoms with Gasteiger partial charge < -0.3 is 20.1 Å². The second-order valence-electron chi connectivity index (χ2n) is 6.86. The number of ether oxygens (including phenoxy) is 2.